The van der Waals surface area contributed by atoms with E-state index in [-0.39, 0.29) is 5.01 Å². The second-order valence-corrected chi connectivity index (χ2v) is 3.57. The minimum absolute atomic E-state index is 0.0699. The Balaban J connectivity index is 2.40. The molecule has 1 aromatic rings. The molecule has 0 atom stereocenters. The van der Waals surface area contributed by atoms with Crippen molar-refractivity contribution in [2.24, 2.45) is 0 Å². The van der Waals surface area contributed by atoms with Gasteiger partial charge in [0.1, 0.15) is 0 Å². The molecule has 0 amide bonds. The van der Waals surface area contributed by atoms with Gasteiger partial charge in [-0.2, -0.15) is 0 Å². The van der Waals surface area contributed by atoms with Crippen LogP contribution in [-0.2, 0) is 6.42 Å². The van der Waals surface area contributed by atoms with Crippen LogP contribution in [0.3, 0.4) is 0 Å². The molecule has 0 aliphatic heterocycles. The van der Waals surface area contributed by atoms with Gasteiger partial charge in [-0.15, -0.1) is 11.3 Å². The van der Waals surface area contributed by atoms with Crippen LogP contribution in [-0.4, -0.2) is 18.6 Å². The number of nitrogens with one attached hydrogen (secondary N) is 1. The molecule has 0 bridgehead atoms. The van der Waals surface area contributed by atoms with E-state index in [2.05, 4.69) is 10.3 Å². The Labute approximate surface area is 80.0 Å². The highest BCUT2D eigenvalue weighted by Crippen LogP contribution is 2.22. The summed E-state index contributed by atoms with van der Waals surface area (Å²) in [6, 6.07) is 0. The van der Waals surface area contributed by atoms with Gasteiger partial charge >= 0.3 is 0 Å². The molecule has 1 heterocycles. The number of hydrogen-bond donors (Lipinski definition) is 1. The fraction of sp³-hybridized carbons (Fsp3) is 0.625. The van der Waals surface area contributed by atoms with E-state index in [9.17, 15) is 8.78 Å². The van der Waals surface area contributed by atoms with Crippen molar-refractivity contribution < 1.29 is 8.78 Å². The number of hydrogen-bond acceptors (Lipinski definition) is 3. The second kappa shape index (κ2) is 5.24. The Morgan fingerprint density at radius 2 is 2.38 bits per heavy atom. The third-order valence-corrected chi connectivity index (χ3v) is 2.52. The zero-order valence-electron chi connectivity index (χ0n) is 7.39. The summed E-state index contributed by atoms with van der Waals surface area (Å²) in [6.07, 6.45) is -0.726. The summed E-state index contributed by atoms with van der Waals surface area (Å²) in [5, 5.41) is 4.63. The van der Waals surface area contributed by atoms with E-state index in [0.717, 1.165) is 36.4 Å². The minimum atomic E-state index is -2.43. The average Bonchev–Trinajstić information content (AvgIpc) is 2.53. The van der Waals surface area contributed by atoms with E-state index in [1.54, 1.807) is 5.38 Å². The van der Waals surface area contributed by atoms with Crippen molar-refractivity contribution >= 4 is 11.3 Å². The molecule has 74 valence electrons. The fourth-order valence-corrected chi connectivity index (χ4v) is 1.68. The zero-order valence-corrected chi connectivity index (χ0v) is 8.20. The van der Waals surface area contributed by atoms with Gasteiger partial charge in [-0.3, -0.25) is 0 Å². The van der Waals surface area contributed by atoms with Gasteiger partial charge in [0, 0.05) is 5.38 Å². The van der Waals surface area contributed by atoms with Crippen molar-refractivity contribution in [1.29, 1.82) is 0 Å². The second-order valence-electron chi connectivity index (χ2n) is 2.68. The van der Waals surface area contributed by atoms with Crippen molar-refractivity contribution in [3.05, 3.63) is 16.1 Å². The van der Waals surface area contributed by atoms with Gasteiger partial charge in [-0.25, -0.2) is 13.8 Å². The van der Waals surface area contributed by atoms with Crippen LogP contribution in [0, 0.1) is 0 Å². The lowest BCUT2D eigenvalue weighted by Crippen LogP contribution is -2.08. The maximum absolute atomic E-state index is 12.1. The largest absolute Gasteiger partial charge is 0.320 e. The molecule has 5 heteroatoms. The lowest BCUT2D eigenvalue weighted by Gasteiger charge is -1.95. The number of aromatic nitrogens is 1. The molecule has 2 nitrogen and oxygen atoms in total. The number of thiazole rings is 1. The van der Waals surface area contributed by atoms with E-state index < -0.39 is 6.43 Å². The smallest absolute Gasteiger partial charge is 0.289 e. The molecule has 0 radical (unpaired) electrons. The summed E-state index contributed by atoms with van der Waals surface area (Å²) in [5.41, 5.74) is 0.774. The van der Waals surface area contributed by atoms with Gasteiger partial charge in [-0.05, 0) is 26.4 Å². The summed E-state index contributed by atoms with van der Waals surface area (Å²) in [7, 11) is 1.87. The lowest BCUT2D eigenvalue weighted by atomic mass is 10.2. The average molecular weight is 206 g/mol. The maximum Gasteiger partial charge on any atom is 0.289 e. The summed E-state index contributed by atoms with van der Waals surface area (Å²) in [5.74, 6) is 0. The van der Waals surface area contributed by atoms with Crippen molar-refractivity contribution in [3.8, 4) is 0 Å². The van der Waals surface area contributed by atoms with Crippen LogP contribution in [0.1, 0.15) is 23.5 Å². The number of aryl methyl sites for hydroxylation is 1. The molecule has 0 aromatic carbocycles. The first-order valence-electron chi connectivity index (χ1n) is 4.11. The van der Waals surface area contributed by atoms with Gasteiger partial charge in [0.25, 0.3) is 6.43 Å². The normalized spacial score (nSPS) is 11.1. The van der Waals surface area contributed by atoms with Crippen LogP contribution >= 0.6 is 11.3 Å². The number of halogens is 2. The molecular weight excluding hydrogens is 194 g/mol. The first-order chi connectivity index (χ1) is 6.24. The first-order valence-corrected chi connectivity index (χ1v) is 4.99. The fourth-order valence-electron chi connectivity index (χ4n) is 0.984. The van der Waals surface area contributed by atoms with Crippen molar-refractivity contribution in [2.45, 2.75) is 19.3 Å². The molecule has 0 unspecified atom stereocenters. The highest BCUT2D eigenvalue weighted by Gasteiger charge is 2.11. The van der Waals surface area contributed by atoms with Crippen molar-refractivity contribution in [1.82, 2.24) is 10.3 Å². The molecule has 0 fully saturated rings. The van der Waals surface area contributed by atoms with Crippen LogP contribution in [0.2, 0.25) is 0 Å². The lowest BCUT2D eigenvalue weighted by molar-refractivity contribution is 0.150. The quantitative estimate of drug-likeness (QED) is 0.747. The molecule has 13 heavy (non-hydrogen) atoms. The van der Waals surface area contributed by atoms with E-state index >= 15 is 0 Å². The molecule has 0 saturated heterocycles. The van der Waals surface area contributed by atoms with Gasteiger partial charge in [0.05, 0.1) is 5.69 Å². The topological polar surface area (TPSA) is 24.9 Å². The van der Waals surface area contributed by atoms with Crippen LogP contribution < -0.4 is 5.32 Å². The SMILES string of the molecule is CNCCCc1csc(C(F)F)n1. The molecular formula is C8H12F2N2S. The van der Waals surface area contributed by atoms with Gasteiger partial charge in [0.2, 0.25) is 0 Å². The van der Waals surface area contributed by atoms with Crippen LogP contribution in [0.4, 0.5) is 8.78 Å². The monoisotopic (exact) mass is 206 g/mol. The third-order valence-electron chi connectivity index (χ3n) is 1.62. The van der Waals surface area contributed by atoms with Gasteiger partial charge in [0.15, 0.2) is 5.01 Å². The molecule has 1 aromatic heterocycles. The molecule has 0 spiro atoms. The highest BCUT2D eigenvalue weighted by atomic mass is 32.1. The van der Waals surface area contributed by atoms with Crippen LogP contribution in [0.25, 0.3) is 0 Å². The van der Waals surface area contributed by atoms with E-state index in [1.165, 1.54) is 0 Å². The van der Waals surface area contributed by atoms with Crippen molar-refractivity contribution in [3.63, 3.8) is 0 Å². The summed E-state index contributed by atoms with van der Waals surface area (Å²) >= 11 is 1.03. The minimum Gasteiger partial charge on any atom is -0.320 e. The van der Waals surface area contributed by atoms with Crippen molar-refractivity contribution in [2.75, 3.05) is 13.6 Å². The van der Waals surface area contributed by atoms with E-state index in [1.807, 2.05) is 7.05 Å². The van der Waals surface area contributed by atoms with Gasteiger partial charge < -0.3 is 5.32 Å². The zero-order chi connectivity index (χ0) is 9.68. The highest BCUT2D eigenvalue weighted by molar-refractivity contribution is 7.09. The van der Waals surface area contributed by atoms with Gasteiger partial charge in [-0.1, -0.05) is 0 Å². The summed E-state index contributed by atoms with van der Waals surface area (Å²) in [4.78, 5) is 3.82. The predicted octanol–water partition coefficient (Wildman–Crippen LogP) is 2.23. The number of rotatable bonds is 5. The summed E-state index contributed by atoms with van der Waals surface area (Å²) < 4.78 is 24.2. The van der Waals surface area contributed by atoms with Crippen LogP contribution in [0.15, 0.2) is 5.38 Å². The van der Waals surface area contributed by atoms with Crippen LogP contribution in [0.5, 0.6) is 0 Å². The van der Waals surface area contributed by atoms with E-state index in [0.29, 0.717) is 0 Å². The summed E-state index contributed by atoms with van der Waals surface area (Å²) in [6.45, 7) is 0.890. The Morgan fingerprint density at radius 3 is 2.92 bits per heavy atom. The first kappa shape index (κ1) is 10.5. The number of nitrogens with zero attached hydrogens (tertiary/aromatic N) is 1. The Kier molecular flexibility index (Phi) is 4.24. The maximum atomic E-state index is 12.1. The Bertz CT molecular complexity index is 250. The molecule has 0 saturated carbocycles. The molecule has 1 rings (SSSR count). The standard InChI is InChI=1S/C8H12F2N2S/c1-11-4-2-3-6-5-13-8(12-6)7(9)10/h5,7,11H,2-4H2,1H3. The predicted molar refractivity (Wildman–Crippen MR) is 49.3 cm³/mol. The Morgan fingerprint density at radius 1 is 1.62 bits per heavy atom. The molecule has 0 aliphatic rings. The number of alkyl halides is 2. The van der Waals surface area contributed by atoms with E-state index in [4.69, 9.17) is 0 Å². The molecule has 1 N–H and O–H groups in total. The third kappa shape index (κ3) is 3.36. The molecule has 0 aliphatic carbocycles. The Hall–Kier alpha value is -0.550.